The number of hydrogen-bond donors (Lipinski definition) is 1. The summed E-state index contributed by atoms with van der Waals surface area (Å²) in [5.41, 5.74) is 1.03. The number of ether oxygens (including phenoxy) is 1. The number of nitrogens with zero attached hydrogens (tertiary/aromatic N) is 2. The van der Waals surface area contributed by atoms with E-state index < -0.39 is 0 Å². The van der Waals surface area contributed by atoms with E-state index in [0.29, 0.717) is 18.0 Å². The van der Waals surface area contributed by atoms with Crippen LogP contribution in [0, 0.1) is 0 Å². The first kappa shape index (κ1) is 17.2. The Morgan fingerprint density at radius 1 is 1.28 bits per heavy atom. The highest BCUT2D eigenvalue weighted by Gasteiger charge is 2.15. The molecule has 2 heterocycles. The van der Waals surface area contributed by atoms with Crippen LogP contribution < -0.4 is 15.6 Å². The molecule has 0 aliphatic heterocycles. The third-order valence-corrected chi connectivity index (χ3v) is 4.46. The van der Waals surface area contributed by atoms with Gasteiger partial charge in [0.05, 0.1) is 0 Å². The fourth-order valence-corrected chi connectivity index (χ4v) is 2.91. The van der Waals surface area contributed by atoms with Crippen molar-refractivity contribution in [3.8, 4) is 5.88 Å². The zero-order chi connectivity index (χ0) is 17.6. The van der Waals surface area contributed by atoms with Gasteiger partial charge in [-0.15, -0.1) is 0 Å². The normalized spacial score (nSPS) is 14.9. The number of carbonyl (C=O) groups excluding carboxylic acids is 1. The third kappa shape index (κ3) is 4.68. The van der Waals surface area contributed by atoms with Crippen LogP contribution in [0.1, 0.15) is 48.0 Å². The van der Waals surface area contributed by atoms with Crippen LogP contribution in [0.3, 0.4) is 0 Å². The van der Waals surface area contributed by atoms with Crippen molar-refractivity contribution < 1.29 is 9.53 Å². The van der Waals surface area contributed by atoms with Crippen molar-refractivity contribution in [2.45, 2.75) is 44.8 Å². The average molecular weight is 341 g/mol. The highest BCUT2D eigenvalue weighted by atomic mass is 16.5. The zero-order valence-corrected chi connectivity index (χ0v) is 14.4. The lowest BCUT2D eigenvalue weighted by Gasteiger charge is -2.22. The fraction of sp³-hybridized carbons (Fsp3) is 0.421. The number of nitrogens with one attached hydrogen (secondary N) is 1. The van der Waals surface area contributed by atoms with Gasteiger partial charge in [0.1, 0.15) is 6.10 Å². The van der Waals surface area contributed by atoms with E-state index in [4.69, 9.17) is 4.74 Å². The minimum Gasteiger partial charge on any atom is -0.474 e. The van der Waals surface area contributed by atoms with Crippen LogP contribution in [0.4, 0.5) is 0 Å². The number of pyridine rings is 2. The summed E-state index contributed by atoms with van der Waals surface area (Å²) >= 11 is 0. The highest BCUT2D eigenvalue weighted by Crippen LogP contribution is 2.22. The van der Waals surface area contributed by atoms with Gasteiger partial charge in [-0.3, -0.25) is 9.59 Å². The molecule has 6 heteroatoms. The lowest BCUT2D eigenvalue weighted by molar-refractivity contribution is 0.0950. The number of rotatable bonds is 5. The summed E-state index contributed by atoms with van der Waals surface area (Å²) < 4.78 is 7.32. The molecular formula is C19H23N3O3. The predicted molar refractivity (Wildman–Crippen MR) is 94.6 cm³/mol. The van der Waals surface area contributed by atoms with E-state index in [1.165, 1.54) is 29.9 Å². The molecule has 25 heavy (non-hydrogen) atoms. The molecule has 1 fully saturated rings. The summed E-state index contributed by atoms with van der Waals surface area (Å²) in [6, 6.07) is 6.69. The highest BCUT2D eigenvalue weighted by molar-refractivity contribution is 5.93. The summed E-state index contributed by atoms with van der Waals surface area (Å²) in [5.74, 6) is 0.355. The van der Waals surface area contributed by atoms with Crippen LogP contribution in [0.2, 0.25) is 0 Å². The Bertz CT molecular complexity index is 777. The molecule has 0 radical (unpaired) electrons. The average Bonchev–Trinajstić information content (AvgIpc) is 2.64. The van der Waals surface area contributed by atoms with Gasteiger partial charge in [0, 0.05) is 43.7 Å². The minimum atomic E-state index is -0.278. The van der Waals surface area contributed by atoms with Gasteiger partial charge >= 0.3 is 0 Å². The molecule has 0 spiro atoms. The van der Waals surface area contributed by atoms with Crippen LogP contribution in [0.25, 0.3) is 0 Å². The van der Waals surface area contributed by atoms with Crippen molar-refractivity contribution in [1.29, 1.82) is 0 Å². The molecule has 3 rings (SSSR count). The molecule has 1 aliphatic carbocycles. The summed E-state index contributed by atoms with van der Waals surface area (Å²) in [6.45, 7) is 0.352. The van der Waals surface area contributed by atoms with Gasteiger partial charge in [0.25, 0.3) is 11.5 Å². The van der Waals surface area contributed by atoms with E-state index in [1.54, 1.807) is 25.5 Å². The lowest BCUT2D eigenvalue weighted by atomic mass is 9.98. The molecule has 0 aromatic carbocycles. The van der Waals surface area contributed by atoms with Gasteiger partial charge in [-0.2, -0.15) is 0 Å². The molecule has 0 unspecified atom stereocenters. The fourth-order valence-electron chi connectivity index (χ4n) is 2.91. The van der Waals surface area contributed by atoms with Crippen molar-refractivity contribution in [3.05, 3.63) is 58.1 Å². The second-order valence-electron chi connectivity index (χ2n) is 6.43. The maximum absolute atomic E-state index is 12.1. The number of hydrogen-bond acceptors (Lipinski definition) is 4. The second-order valence-corrected chi connectivity index (χ2v) is 6.43. The van der Waals surface area contributed by atoms with E-state index in [1.807, 2.05) is 12.1 Å². The summed E-state index contributed by atoms with van der Waals surface area (Å²) in [6.07, 6.45) is 9.48. The van der Waals surface area contributed by atoms with E-state index in [2.05, 4.69) is 10.3 Å². The predicted octanol–water partition coefficient (Wildman–Crippen LogP) is 2.42. The molecule has 1 saturated carbocycles. The van der Waals surface area contributed by atoms with Gasteiger partial charge < -0.3 is 14.6 Å². The van der Waals surface area contributed by atoms with Crippen LogP contribution in [0.15, 0.2) is 41.5 Å². The van der Waals surface area contributed by atoms with E-state index in [-0.39, 0.29) is 17.6 Å². The molecule has 0 bridgehead atoms. The van der Waals surface area contributed by atoms with E-state index in [9.17, 15) is 9.59 Å². The van der Waals surface area contributed by atoms with Crippen molar-refractivity contribution >= 4 is 5.91 Å². The maximum Gasteiger partial charge on any atom is 0.251 e. The first-order valence-corrected chi connectivity index (χ1v) is 8.68. The number of amides is 1. The van der Waals surface area contributed by atoms with Crippen LogP contribution in [-0.4, -0.2) is 21.6 Å². The van der Waals surface area contributed by atoms with Crippen molar-refractivity contribution in [2.75, 3.05) is 0 Å². The Labute approximate surface area is 146 Å². The monoisotopic (exact) mass is 341 g/mol. The largest absolute Gasteiger partial charge is 0.474 e. The standard InChI is InChI=1S/C19H23N3O3/c1-22-10-9-15(11-18(22)23)19(24)21-13-14-7-8-17(20-12-14)25-16-5-3-2-4-6-16/h7-12,16H,2-6,13H2,1H3,(H,21,24). The Morgan fingerprint density at radius 3 is 2.76 bits per heavy atom. The topological polar surface area (TPSA) is 73.2 Å². The number of carbonyl (C=O) groups is 1. The van der Waals surface area contributed by atoms with Crippen LogP contribution in [0.5, 0.6) is 5.88 Å². The van der Waals surface area contributed by atoms with Gasteiger partial charge in [0.2, 0.25) is 5.88 Å². The first-order valence-electron chi connectivity index (χ1n) is 8.68. The maximum atomic E-state index is 12.1. The zero-order valence-electron chi connectivity index (χ0n) is 14.4. The van der Waals surface area contributed by atoms with Gasteiger partial charge in [-0.25, -0.2) is 4.98 Å². The Morgan fingerprint density at radius 2 is 2.08 bits per heavy atom. The molecule has 132 valence electrons. The molecule has 1 N–H and O–H groups in total. The molecule has 1 aliphatic rings. The van der Waals surface area contributed by atoms with E-state index in [0.717, 1.165) is 18.4 Å². The van der Waals surface area contributed by atoms with Gasteiger partial charge in [0.15, 0.2) is 0 Å². The quantitative estimate of drug-likeness (QED) is 0.906. The van der Waals surface area contributed by atoms with Crippen LogP contribution in [-0.2, 0) is 13.6 Å². The minimum absolute atomic E-state index is 0.210. The molecular weight excluding hydrogens is 318 g/mol. The molecule has 2 aromatic rings. The van der Waals surface area contributed by atoms with Crippen molar-refractivity contribution in [1.82, 2.24) is 14.9 Å². The van der Waals surface area contributed by atoms with Gasteiger partial charge in [-0.1, -0.05) is 12.5 Å². The van der Waals surface area contributed by atoms with E-state index >= 15 is 0 Å². The lowest BCUT2D eigenvalue weighted by Crippen LogP contribution is -2.25. The molecule has 6 nitrogen and oxygen atoms in total. The third-order valence-electron chi connectivity index (χ3n) is 4.46. The summed E-state index contributed by atoms with van der Waals surface area (Å²) in [4.78, 5) is 28.0. The van der Waals surface area contributed by atoms with Crippen LogP contribution >= 0.6 is 0 Å². The number of aromatic nitrogens is 2. The van der Waals surface area contributed by atoms with Gasteiger partial charge in [-0.05, 0) is 37.3 Å². The Hall–Kier alpha value is -2.63. The molecule has 0 atom stereocenters. The second kappa shape index (κ2) is 7.96. The summed E-state index contributed by atoms with van der Waals surface area (Å²) in [5, 5.41) is 2.79. The Balaban J connectivity index is 1.53. The van der Waals surface area contributed by atoms with Crippen molar-refractivity contribution in [2.24, 2.45) is 7.05 Å². The first-order chi connectivity index (χ1) is 12.1. The molecule has 2 aromatic heterocycles. The van der Waals surface area contributed by atoms with Crippen molar-refractivity contribution in [3.63, 3.8) is 0 Å². The Kier molecular flexibility index (Phi) is 5.48. The molecule has 0 saturated heterocycles. The smallest absolute Gasteiger partial charge is 0.251 e. The summed E-state index contributed by atoms with van der Waals surface area (Å²) in [7, 11) is 1.65. The SMILES string of the molecule is Cn1ccc(C(=O)NCc2ccc(OC3CCCCC3)nc2)cc1=O. The molecule has 1 amide bonds. The number of aryl methyl sites for hydroxylation is 1.